The van der Waals surface area contributed by atoms with E-state index in [9.17, 15) is 0 Å². The van der Waals surface area contributed by atoms with E-state index in [4.69, 9.17) is 4.74 Å². The molecule has 1 rings (SSSR count). The predicted octanol–water partition coefficient (Wildman–Crippen LogP) is 2.61. The van der Waals surface area contributed by atoms with Crippen molar-refractivity contribution in [2.24, 2.45) is 0 Å². The van der Waals surface area contributed by atoms with Crippen molar-refractivity contribution in [2.45, 2.75) is 51.6 Å². The molecule has 3 heteroatoms. The van der Waals surface area contributed by atoms with E-state index in [-0.39, 0.29) is 0 Å². The maximum absolute atomic E-state index is 5.54. The molecule has 1 saturated heterocycles. The highest BCUT2D eigenvalue weighted by Crippen LogP contribution is 2.12. The van der Waals surface area contributed by atoms with Gasteiger partial charge >= 0.3 is 0 Å². The van der Waals surface area contributed by atoms with Crippen molar-refractivity contribution in [3.63, 3.8) is 0 Å². The van der Waals surface area contributed by atoms with E-state index in [1.807, 2.05) is 7.11 Å². The largest absolute Gasteiger partial charge is 0.381 e. The van der Waals surface area contributed by atoms with Crippen LogP contribution in [0, 0.1) is 0 Å². The summed E-state index contributed by atoms with van der Waals surface area (Å²) < 4.78 is 5.54. The van der Waals surface area contributed by atoms with Gasteiger partial charge in [0.05, 0.1) is 6.10 Å². The fourth-order valence-corrected chi connectivity index (χ4v) is 2.59. The molecule has 0 saturated carbocycles. The van der Waals surface area contributed by atoms with Gasteiger partial charge in [-0.3, -0.25) is 0 Å². The molecule has 1 fully saturated rings. The van der Waals surface area contributed by atoms with Gasteiger partial charge in [-0.05, 0) is 39.3 Å². The highest BCUT2D eigenvalue weighted by Gasteiger charge is 2.13. The van der Waals surface area contributed by atoms with Gasteiger partial charge in [-0.15, -0.1) is 0 Å². The van der Waals surface area contributed by atoms with Crippen LogP contribution < -0.4 is 0 Å². The summed E-state index contributed by atoms with van der Waals surface area (Å²) in [7, 11) is 4.08. The van der Waals surface area contributed by atoms with Gasteiger partial charge in [0.25, 0.3) is 0 Å². The number of methoxy groups -OCH3 is 1. The lowest BCUT2D eigenvalue weighted by Gasteiger charge is -2.32. The van der Waals surface area contributed by atoms with Crippen LogP contribution in [0.2, 0.25) is 0 Å². The zero-order chi connectivity index (χ0) is 13.2. The number of hydrogen-bond donors (Lipinski definition) is 0. The Kier molecular flexibility index (Phi) is 8.64. The second-order valence-corrected chi connectivity index (χ2v) is 5.64. The van der Waals surface area contributed by atoms with Gasteiger partial charge in [-0.25, -0.2) is 0 Å². The number of hydrogen-bond acceptors (Lipinski definition) is 3. The maximum atomic E-state index is 5.54. The number of rotatable bonds is 9. The molecule has 3 nitrogen and oxygen atoms in total. The molecule has 0 radical (unpaired) electrons. The van der Waals surface area contributed by atoms with E-state index in [0.29, 0.717) is 6.10 Å². The Hall–Kier alpha value is -0.120. The minimum absolute atomic E-state index is 0.498. The molecular weight excluding hydrogens is 224 g/mol. The molecule has 1 heterocycles. The highest BCUT2D eigenvalue weighted by molar-refractivity contribution is 4.69. The molecule has 18 heavy (non-hydrogen) atoms. The maximum Gasteiger partial charge on any atom is 0.0571 e. The molecule has 0 aromatic carbocycles. The Morgan fingerprint density at radius 2 is 1.67 bits per heavy atom. The van der Waals surface area contributed by atoms with Crippen molar-refractivity contribution in [3.8, 4) is 0 Å². The average molecular weight is 256 g/mol. The highest BCUT2D eigenvalue weighted by atomic mass is 16.5. The molecule has 0 aromatic rings. The van der Waals surface area contributed by atoms with Crippen LogP contribution in [-0.4, -0.2) is 62.8 Å². The molecule has 1 atom stereocenters. The second-order valence-electron chi connectivity index (χ2n) is 5.64. The van der Waals surface area contributed by atoms with Crippen LogP contribution in [0.3, 0.4) is 0 Å². The van der Waals surface area contributed by atoms with Crippen LogP contribution in [0.4, 0.5) is 0 Å². The summed E-state index contributed by atoms with van der Waals surface area (Å²) in [6, 6.07) is 0. The number of likely N-dealkylation sites (N-methyl/N-ethyl adjacent to an activating group) is 1. The summed E-state index contributed by atoms with van der Waals surface area (Å²) in [6.07, 6.45) is 8.20. The van der Waals surface area contributed by atoms with E-state index < -0.39 is 0 Å². The first-order chi connectivity index (χ1) is 8.76. The first kappa shape index (κ1) is 15.9. The third-order valence-corrected chi connectivity index (χ3v) is 4.06. The number of unbranched alkanes of at least 4 members (excludes halogenated alkanes) is 2. The third-order valence-electron chi connectivity index (χ3n) is 4.06. The third kappa shape index (κ3) is 6.72. The first-order valence-electron chi connectivity index (χ1n) is 7.70. The molecule has 0 aliphatic carbocycles. The van der Waals surface area contributed by atoms with Crippen molar-refractivity contribution >= 4 is 0 Å². The lowest BCUT2D eigenvalue weighted by molar-refractivity contribution is 0.0818. The number of piperazine rings is 1. The first-order valence-corrected chi connectivity index (χ1v) is 7.70. The zero-order valence-corrected chi connectivity index (χ0v) is 12.7. The van der Waals surface area contributed by atoms with Gasteiger partial charge in [0.15, 0.2) is 0 Å². The lowest BCUT2D eigenvalue weighted by Crippen LogP contribution is -2.44. The van der Waals surface area contributed by atoms with Crippen molar-refractivity contribution in [2.75, 3.05) is 46.9 Å². The van der Waals surface area contributed by atoms with Crippen molar-refractivity contribution in [1.29, 1.82) is 0 Å². The van der Waals surface area contributed by atoms with E-state index in [0.717, 1.165) is 0 Å². The molecule has 0 spiro atoms. The summed E-state index contributed by atoms with van der Waals surface area (Å²) in [5.41, 5.74) is 0. The lowest BCUT2D eigenvalue weighted by atomic mass is 10.1. The van der Waals surface area contributed by atoms with Crippen LogP contribution in [-0.2, 0) is 4.74 Å². The summed E-state index contributed by atoms with van der Waals surface area (Å²) in [5.74, 6) is 0. The van der Waals surface area contributed by atoms with Gasteiger partial charge in [0, 0.05) is 33.3 Å². The van der Waals surface area contributed by atoms with Gasteiger partial charge < -0.3 is 14.5 Å². The fraction of sp³-hybridized carbons (Fsp3) is 1.00. The fourth-order valence-electron chi connectivity index (χ4n) is 2.59. The normalized spacial score (nSPS) is 20.2. The Bertz CT molecular complexity index is 184. The van der Waals surface area contributed by atoms with Gasteiger partial charge in [-0.2, -0.15) is 0 Å². The molecule has 108 valence electrons. The Balaban J connectivity index is 1.99. The summed E-state index contributed by atoms with van der Waals surface area (Å²) >= 11 is 0. The zero-order valence-electron chi connectivity index (χ0n) is 12.7. The average Bonchev–Trinajstić information content (AvgIpc) is 2.40. The monoisotopic (exact) mass is 256 g/mol. The molecule has 0 N–H and O–H groups in total. The van der Waals surface area contributed by atoms with Gasteiger partial charge in [-0.1, -0.05) is 19.8 Å². The van der Waals surface area contributed by atoms with Crippen LogP contribution in [0.1, 0.15) is 45.4 Å². The molecule has 0 bridgehead atoms. The molecule has 0 amide bonds. The molecule has 1 aliphatic rings. The minimum Gasteiger partial charge on any atom is -0.381 e. The molecule has 1 aliphatic heterocycles. The van der Waals surface area contributed by atoms with Crippen LogP contribution in [0.15, 0.2) is 0 Å². The van der Waals surface area contributed by atoms with Crippen LogP contribution in [0.25, 0.3) is 0 Å². The number of nitrogens with zero attached hydrogens (tertiary/aromatic N) is 2. The predicted molar refractivity (Wildman–Crippen MR) is 78.1 cm³/mol. The van der Waals surface area contributed by atoms with E-state index in [1.54, 1.807) is 0 Å². The molecular formula is C15H32N2O. The van der Waals surface area contributed by atoms with Crippen molar-refractivity contribution in [1.82, 2.24) is 9.80 Å². The van der Waals surface area contributed by atoms with E-state index >= 15 is 0 Å². The quantitative estimate of drug-likeness (QED) is 0.590. The standard InChI is InChI=1S/C15H32N2O/c1-4-5-8-15(18-3)9-6-7-10-17-13-11-16(2)12-14-17/h15H,4-14H2,1-3H3/t15-/m1/s1. The van der Waals surface area contributed by atoms with E-state index in [2.05, 4.69) is 23.8 Å². The van der Waals surface area contributed by atoms with Crippen LogP contribution >= 0.6 is 0 Å². The second kappa shape index (κ2) is 9.76. The van der Waals surface area contributed by atoms with Gasteiger partial charge in [0.1, 0.15) is 0 Å². The summed E-state index contributed by atoms with van der Waals surface area (Å²) in [4.78, 5) is 5.02. The van der Waals surface area contributed by atoms with Gasteiger partial charge in [0.2, 0.25) is 0 Å². The summed E-state index contributed by atoms with van der Waals surface area (Å²) in [6.45, 7) is 8.49. The van der Waals surface area contributed by atoms with Crippen molar-refractivity contribution in [3.05, 3.63) is 0 Å². The minimum atomic E-state index is 0.498. The Morgan fingerprint density at radius 1 is 1.00 bits per heavy atom. The van der Waals surface area contributed by atoms with Crippen LogP contribution in [0.5, 0.6) is 0 Å². The SMILES string of the molecule is CCCC[C@H](CCCCN1CCN(C)CC1)OC. The Labute approximate surface area is 113 Å². The molecule has 0 unspecified atom stereocenters. The molecule has 0 aromatic heterocycles. The smallest absolute Gasteiger partial charge is 0.0571 e. The Morgan fingerprint density at radius 3 is 2.28 bits per heavy atom. The number of ether oxygens (including phenoxy) is 1. The van der Waals surface area contributed by atoms with E-state index in [1.165, 1.54) is 71.2 Å². The van der Waals surface area contributed by atoms with Crippen molar-refractivity contribution < 1.29 is 4.74 Å². The summed E-state index contributed by atoms with van der Waals surface area (Å²) in [5, 5.41) is 0. The topological polar surface area (TPSA) is 15.7 Å².